The summed E-state index contributed by atoms with van der Waals surface area (Å²) < 4.78 is 23.8. The third-order valence-electron chi connectivity index (χ3n) is 5.09. The van der Waals surface area contributed by atoms with Crippen molar-refractivity contribution < 1.29 is 23.1 Å². The number of hydrogen-bond donors (Lipinski definition) is 0. The molecule has 0 unspecified atom stereocenters. The van der Waals surface area contributed by atoms with Gasteiger partial charge in [-0.2, -0.15) is 0 Å². The van der Waals surface area contributed by atoms with Crippen LogP contribution in [0.25, 0.3) is 11.1 Å². The molecule has 0 N–H and O–H groups in total. The van der Waals surface area contributed by atoms with Crippen molar-refractivity contribution in [2.45, 2.75) is 13.0 Å². The average Bonchev–Trinajstić information content (AvgIpc) is 3.16. The van der Waals surface area contributed by atoms with E-state index in [0.29, 0.717) is 55.2 Å². The normalized spacial score (nSPS) is 14.5. The molecule has 8 heteroatoms. The Hall–Kier alpha value is -3.26. The minimum Gasteiger partial charge on any atom is -0.441 e. The molecule has 7 nitrogen and oxygen atoms in total. The summed E-state index contributed by atoms with van der Waals surface area (Å²) in [4.78, 5) is 33.0. The van der Waals surface area contributed by atoms with Crippen LogP contribution in [0.5, 0.6) is 0 Å². The number of amides is 2. The lowest BCUT2D eigenvalue weighted by Crippen LogP contribution is -2.51. The first-order valence-corrected chi connectivity index (χ1v) is 9.73. The van der Waals surface area contributed by atoms with Gasteiger partial charge >= 0.3 is 0 Å². The summed E-state index contributed by atoms with van der Waals surface area (Å²) in [5, 5.41) is 0. The molecule has 1 fully saturated rings. The standard InChI is InChI=1S/C22H22FN3O4/c1-29-11-8-20-24-18-7-4-16(12-19(18)30-20)22(28)26-10-9-25(21(27)14-26)13-15-2-5-17(23)6-3-15/h2-7,12H,8-11,13-14H2,1H3. The second kappa shape index (κ2) is 8.62. The highest BCUT2D eigenvalue weighted by Gasteiger charge is 2.28. The average molecular weight is 411 g/mol. The largest absolute Gasteiger partial charge is 0.441 e. The lowest BCUT2D eigenvalue weighted by Gasteiger charge is -2.34. The van der Waals surface area contributed by atoms with Crippen LogP contribution in [-0.4, -0.2) is 59.9 Å². The number of rotatable bonds is 6. The predicted molar refractivity (Wildman–Crippen MR) is 107 cm³/mol. The molecule has 0 atom stereocenters. The van der Waals surface area contributed by atoms with Crippen LogP contribution in [0.3, 0.4) is 0 Å². The Balaban J connectivity index is 1.41. The van der Waals surface area contributed by atoms with Gasteiger partial charge in [0, 0.05) is 38.7 Å². The fourth-order valence-corrected chi connectivity index (χ4v) is 3.44. The smallest absolute Gasteiger partial charge is 0.254 e. The van der Waals surface area contributed by atoms with Crippen LogP contribution in [0.15, 0.2) is 46.9 Å². The molecule has 0 bridgehead atoms. The monoisotopic (exact) mass is 411 g/mol. The van der Waals surface area contributed by atoms with E-state index in [0.717, 1.165) is 5.56 Å². The molecule has 2 aromatic carbocycles. The Morgan fingerprint density at radius 1 is 1.20 bits per heavy atom. The number of hydrogen-bond acceptors (Lipinski definition) is 5. The van der Waals surface area contributed by atoms with E-state index in [1.165, 1.54) is 17.0 Å². The first-order chi connectivity index (χ1) is 14.5. The van der Waals surface area contributed by atoms with Crippen molar-refractivity contribution in [2.24, 2.45) is 0 Å². The number of carbonyl (C=O) groups excluding carboxylic acids is 2. The van der Waals surface area contributed by atoms with Crippen LogP contribution >= 0.6 is 0 Å². The van der Waals surface area contributed by atoms with Crippen molar-refractivity contribution in [2.75, 3.05) is 33.4 Å². The lowest BCUT2D eigenvalue weighted by atomic mass is 10.1. The number of ether oxygens (including phenoxy) is 1. The quantitative estimate of drug-likeness (QED) is 0.623. The number of nitrogens with zero attached hydrogens (tertiary/aromatic N) is 3. The molecule has 2 heterocycles. The highest BCUT2D eigenvalue weighted by atomic mass is 19.1. The maximum Gasteiger partial charge on any atom is 0.254 e. The Labute approximate surface area is 173 Å². The molecule has 0 aliphatic carbocycles. The molecule has 30 heavy (non-hydrogen) atoms. The van der Waals surface area contributed by atoms with E-state index in [2.05, 4.69) is 4.98 Å². The minimum atomic E-state index is -0.310. The van der Waals surface area contributed by atoms with Gasteiger partial charge in [-0.05, 0) is 35.9 Å². The number of oxazole rings is 1. The number of methoxy groups -OCH3 is 1. The van der Waals surface area contributed by atoms with Crippen molar-refractivity contribution >= 4 is 22.9 Å². The van der Waals surface area contributed by atoms with Crippen molar-refractivity contribution in [1.82, 2.24) is 14.8 Å². The molecule has 0 saturated carbocycles. The second-order valence-electron chi connectivity index (χ2n) is 7.20. The van der Waals surface area contributed by atoms with E-state index in [4.69, 9.17) is 9.15 Å². The first-order valence-electron chi connectivity index (χ1n) is 9.73. The molecule has 3 aromatic rings. The topological polar surface area (TPSA) is 75.9 Å². The van der Waals surface area contributed by atoms with Crippen molar-refractivity contribution in [1.29, 1.82) is 0 Å². The molecule has 1 saturated heterocycles. The van der Waals surface area contributed by atoms with E-state index in [1.807, 2.05) is 0 Å². The summed E-state index contributed by atoms with van der Waals surface area (Å²) in [6.45, 7) is 1.76. The minimum absolute atomic E-state index is 0.00750. The van der Waals surface area contributed by atoms with Crippen LogP contribution < -0.4 is 0 Å². The highest BCUT2D eigenvalue weighted by Crippen LogP contribution is 2.20. The molecule has 0 radical (unpaired) electrons. The van der Waals surface area contributed by atoms with E-state index in [-0.39, 0.29) is 24.2 Å². The van der Waals surface area contributed by atoms with Gasteiger partial charge in [-0.1, -0.05) is 12.1 Å². The molecule has 156 valence electrons. The van der Waals surface area contributed by atoms with Crippen LogP contribution in [0.2, 0.25) is 0 Å². The Morgan fingerprint density at radius 2 is 2.00 bits per heavy atom. The van der Waals surface area contributed by atoms with Crippen LogP contribution in [0.1, 0.15) is 21.8 Å². The zero-order valence-electron chi connectivity index (χ0n) is 16.6. The van der Waals surface area contributed by atoms with Gasteiger partial charge in [0.2, 0.25) is 5.91 Å². The summed E-state index contributed by atoms with van der Waals surface area (Å²) in [5.41, 5.74) is 2.52. The van der Waals surface area contributed by atoms with Gasteiger partial charge in [0.25, 0.3) is 5.91 Å². The van der Waals surface area contributed by atoms with Crippen LogP contribution in [0.4, 0.5) is 4.39 Å². The molecule has 1 aliphatic heterocycles. The lowest BCUT2D eigenvalue weighted by molar-refractivity contribution is -0.135. The fourth-order valence-electron chi connectivity index (χ4n) is 3.44. The van der Waals surface area contributed by atoms with Gasteiger partial charge in [0.1, 0.15) is 17.9 Å². The number of benzene rings is 2. The fraction of sp³-hybridized carbons (Fsp3) is 0.318. The zero-order valence-corrected chi connectivity index (χ0v) is 16.6. The second-order valence-corrected chi connectivity index (χ2v) is 7.20. The predicted octanol–water partition coefficient (Wildman–Crippen LogP) is 2.64. The number of fused-ring (bicyclic) bond motifs is 1. The number of carbonyl (C=O) groups is 2. The maximum absolute atomic E-state index is 13.1. The molecule has 0 spiro atoms. The van der Waals surface area contributed by atoms with Crippen molar-refractivity contribution in [3.8, 4) is 0 Å². The molecule has 1 aliphatic rings. The highest BCUT2D eigenvalue weighted by molar-refractivity contribution is 5.99. The maximum atomic E-state index is 13.1. The Kier molecular flexibility index (Phi) is 5.76. The summed E-state index contributed by atoms with van der Waals surface area (Å²) >= 11 is 0. The number of piperazine rings is 1. The summed E-state index contributed by atoms with van der Waals surface area (Å²) in [6.07, 6.45) is 0.555. The molecule has 2 amide bonds. The van der Waals surface area contributed by atoms with E-state index in [1.54, 1.807) is 42.3 Å². The third kappa shape index (κ3) is 4.33. The summed E-state index contributed by atoms with van der Waals surface area (Å²) in [5.74, 6) is -0.112. The van der Waals surface area contributed by atoms with Crippen molar-refractivity contribution in [3.63, 3.8) is 0 Å². The molecule has 4 rings (SSSR count). The zero-order chi connectivity index (χ0) is 21.1. The molecule has 1 aromatic heterocycles. The van der Waals surface area contributed by atoms with E-state index >= 15 is 0 Å². The van der Waals surface area contributed by atoms with Gasteiger partial charge < -0.3 is 19.0 Å². The van der Waals surface area contributed by atoms with Gasteiger partial charge in [-0.15, -0.1) is 0 Å². The molecular formula is C22H22FN3O4. The number of halogens is 1. The SMILES string of the molecule is COCCc1nc2ccc(C(=O)N3CCN(Cc4ccc(F)cc4)C(=O)C3)cc2o1. The summed E-state index contributed by atoms with van der Waals surface area (Å²) in [7, 11) is 1.61. The van der Waals surface area contributed by atoms with Crippen LogP contribution in [-0.2, 0) is 22.5 Å². The Bertz CT molecular complexity index is 1060. The third-order valence-corrected chi connectivity index (χ3v) is 5.09. The van der Waals surface area contributed by atoms with Crippen molar-refractivity contribution in [3.05, 3.63) is 65.3 Å². The Morgan fingerprint density at radius 3 is 2.73 bits per heavy atom. The van der Waals surface area contributed by atoms with Gasteiger partial charge in [0.05, 0.1) is 6.61 Å². The van der Waals surface area contributed by atoms with Gasteiger partial charge in [-0.25, -0.2) is 9.37 Å². The van der Waals surface area contributed by atoms with E-state index < -0.39 is 0 Å². The van der Waals surface area contributed by atoms with Gasteiger partial charge in [-0.3, -0.25) is 9.59 Å². The first kappa shape index (κ1) is 20.0. The van der Waals surface area contributed by atoms with Crippen LogP contribution in [0, 0.1) is 5.82 Å². The van der Waals surface area contributed by atoms with E-state index in [9.17, 15) is 14.0 Å². The number of aromatic nitrogens is 1. The van der Waals surface area contributed by atoms with Gasteiger partial charge in [0.15, 0.2) is 11.5 Å². The molecular weight excluding hydrogens is 389 g/mol. The summed E-state index contributed by atoms with van der Waals surface area (Å²) in [6, 6.07) is 11.2.